The number of ether oxygens (including phenoxy) is 3. The van der Waals surface area contributed by atoms with E-state index in [1.54, 1.807) is 28.4 Å². The van der Waals surface area contributed by atoms with Gasteiger partial charge >= 0.3 is 0 Å². The molecule has 0 atom stereocenters. The third-order valence-electron chi connectivity index (χ3n) is 5.06. The van der Waals surface area contributed by atoms with Crippen molar-refractivity contribution >= 4 is 45.9 Å². The molecule has 0 unspecified atom stereocenters. The van der Waals surface area contributed by atoms with Crippen molar-refractivity contribution < 1.29 is 14.2 Å². The normalized spacial score (nSPS) is 15.4. The van der Waals surface area contributed by atoms with E-state index in [0.29, 0.717) is 23.5 Å². The van der Waals surface area contributed by atoms with E-state index in [1.165, 1.54) is 19.3 Å². The standard InChI is InChI=1S/C19H30BrN3O3.HI/c1-21-18(23-13-19(6-5-7-19)8-9-24-2)22-12-14-10-15(20)17(26-4)16(11-14)25-3;/h10-11H,5-9,12-13H2,1-4H3,(H2,21,22,23);1H. The van der Waals surface area contributed by atoms with Gasteiger partial charge in [0.1, 0.15) is 0 Å². The Morgan fingerprint density at radius 3 is 2.44 bits per heavy atom. The van der Waals surface area contributed by atoms with Crippen LogP contribution >= 0.6 is 39.9 Å². The fourth-order valence-corrected chi connectivity index (χ4v) is 3.91. The van der Waals surface area contributed by atoms with E-state index in [-0.39, 0.29) is 24.0 Å². The van der Waals surface area contributed by atoms with E-state index in [9.17, 15) is 0 Å². The first-order valence-electron chi connectivity index (χ1n) is 8.91. The minimum Gasteiger partial charge on any atom is -0.493 e. The molecular formula is C19H31BrIN3O3. The average molecular weight is 556 g/mol. The molecule has 2 N–H and O–H groups in total. The van der Waals surface area contributed by atoms with Gasteiger partial charge < -0.3 is 24.8 Å². The zero-order chi connectivity index (χ0) is 19.0. The second-order valence-corrected chi connectivity index (χ2v) is 7.54. The molecule has 1 aromatic rings. The number of halogens is 2. The SMILES string of the molecule is CN=C(NCc1cc(Br)c(OC)c(OC)c1)NCC1(CCOC)CCC1.I. The van der Waals surface area contributed by atoms with Crippen molar-refractivity contribution in [1.82, 2.24) is 10.6 Å². The summed E-state index contributed by atoms with van der Waals surface area (Å²) in [6.07, 6.45) is 4.90. The van der Waals surface area contributed by atoms with Crippen molar-refractivity contribution in [3.05, 3.63) is 22.2 Å². The highest BCUT2D eigenvalue weighted by molar-refractivity contribution is 14.0. The number of methoxy groups -OCH3 is 3. The summed E-state index contributed by atoms with van der Waals surface area (Å²) in [7, 11) is 6.83. The summed E-state index contributed by atoms with van der Waals surface area (Å²) in [5.74, 6) is 2.21. The fourth-order valence-electron chi connectivity index (χ4n) is 3.26. The van der Waals surface area contributed by atoms with Gasteiger partial charge in [-0.2, -0.15) is 0 Å². The highest BCUT2D eigenvalue weighted by Gasteiger charge is 2.36. The number of aliphatic imine (C=N–C) groups is 1. The lowest BCUT2D eigenvalue weighted by atomic mass is 9.67. The second kappa shape index (κ2) is 12.0. The smallest absolute Gasteiger partial charge is 0.191 e. The molecule has 0 bridgehead atoms. The van der Waals surface area contributed by atoms with Crippen molar-refractivity contribution in [2.75, 3.05) is 41.5 Å². The maximum Gasteiger partial charge on any atom is 0.191 e. The van der Waals surface area contributed by atoms with Crippen LogP contribution in [0.25, 0.3) is 0 Å². The first-order valence-corrected chi connectivity index (χ1v) is 9.70. The Labute approximate surface area is 188 Å². The lowest BCUT2D eigenvalue weighted by Crippen LogP contribution is -2.46. The number of hydrogen-bond donors (Lipinski definition) is 2. The minimum atomic E-state index is 0. The molecule has 0 radical (unpaired) electrons. The molecule has 2 rings (SSSR count). The molecule has 8 heteroatoms. The van der Waals surface area contributed by atoms with E-state index in [4.69, 9.17) is 14.2 Å². The maximum atomic E-state index is 5.40. The summed E-state index contributed by atoms with van der Waals surface area (Å²) in [5.41, 5.74) is 1.43. The molecule has 1 aliphatic rings. The van der Waals surface area contributed by atoms with Crippen molar-refractivity contribution in [2.45, 2.75) is 32.2 Å². The molecule has 0 aromatic heterocycles. The second-order valence-electron chi connectivity index (χ2n) is 6.69. The lowest BCUT2D eigenvalue weighted by molar-refractivity contribution is 0.0732. The summed E-state index contributed by atoms with van der Waals surface area (Å²) in [4.78, 5) is 4.34. The molecule has 6 nitrogen and oxygen atoms in total. The van der Waals surface area contributed by atoms with Gasteiger partial charge in [-0.15, -0.1) is 24.0 Å². The molecule has 0 spiro atoms. The fraction of sp³-hybridized carbons (Fsp3) is 0.632. The Morgan fingerprint density at radius 1 is 1.19 bits per heavy atom. The monoisotopic (exact) mass is 555 g/mol. The molecule has 1 fully saturated rings. The Hall–Kier alpha value is -0.740. The Balaban J connectivity index is 0.00000364. The lowest BCUT2D eigenvalue weighted by Gasteiger charge is -2.42. The summed E-state index contributed by atoms with van der Waals surface area (Å²) in [6.45, 7) is 2.38. The number of nitrogens with one attached hydrogen (secondary N) is 2. The zero-order valence-corrected chi connectivity index (χ0v) is 20.5. The van der Waals surface area contributed by atoms with Crippen LogP contribution in [0.15, 0.2) is 21.6 Å². The van der Waals surface area contributed by atoms with E-state index >= 15 is 0 Å². The van der Waals surface area contributed by atoms with Gasteiger partial charge in [0, 0.05) is 33.9 Å². The van der Waals surface area contributed by atoms with E-state index in [0.717, 1.165) is 35.6 Å². The highest BCUT2D eigenvalue weighted by Crippen LogP contribution is 2.43. The molecule has 27 heavy (non-hydrogen) atoms. The molecule has 154 valence electrons. The molecule has 1 aromatic carbocycles. The number of benzene rings is 1. The minimum absolute atomic E-state index is 0. The van der Waals surface area contributed by atoms with Crippen LogP contribution in [-0.4, -0.2) is 47.5 Å². The van der Waals surface area contributed by atoms with Gasteiger partial charge in [0.05, 0.1) is 18.7 Å². The number of guanidine groups is 1. The first kappa shape index (κ1) is 24.3. The van der Waals surface area contributed by atoms with Crippen molar-refractivity contribution in [3.63, 3.8) is 0 Å². The molecule has 1 aliphatic carbocycles. The number of hydrogen-bond acceptors (Lipinski definition) is 4. The van der Waals surface area contributed by atoms with Gasteiger partial charge in [-0.25, -0.2) is 0 Å². The van der Waals surface area contributed by atoms with Crippen LogP contribution in [-0.2, 0) is 11.3 Å². The molecule has 1 saturated carbocycles. The maximum absolute atomic E-state index is 5.40. The quantitative estimate of drug-likeness (QED) is 0.274. The van der Waals surface area contributed by atoms with E-state index in [1.807, 2.05) is 12.1 Å². The van der Waals surface area contributed by atoms with Crippen LogP contribution in [0, 0.1) is 5.41 Å². The first-order chi connectivity index (χ1) is 12.6. The third-order valence-corrected chi connectivity index (χ3v) is 5.65. The summed E-state index contributed by atoms with van der Waals surface area (Å²) < 4.78 is 16.9. The van der Waals surface area contributed by atoms with Gasteiger partial charge in [-0.05, 0) is 58.3 Å². The average Bonchev–Trinajstić information content (AvgIpc) is 2.62. The molecule has 0 aliphatic heterocycles. The largest absolute Gasteiger partial charge is 0.493 e. The Morgan fingerprint density at radius 2 is 1.93 bits per heavy atom. The Kier molecular flexibility index (Phi) is 10.8. The van der Waals surface area contributed by atoms with Crippen LogP contribution in [0.2, 0.25) is 0 Å². The van der Waals surface area contributed by atoms with Crippen molar-refractivity contribution in [1.29, 1.82) is 0 Å². The molecule has 0 amide bonds. The van der Waals surface area contributed by atoms with Gasteiger partial charge in [0.15, 0.2) is 17.5 Å². The third kappa shape index (κ3) is 6.67. The van der Waals surface area contributed by atoms with Crippen LogP contribution in [0.3, 0.4) is 0 Å². The predicted molar refractivity (Wildman–Crippen MR) is 124 cm³/mol. The van der Waals surface area contributed by atoms with Gasteiger partial charge in [0.25, 0.3) is 0 Å². The summed E-state index contributed by atoms with van der Waals surface area (Å²) >= 11 is 3.53. The Bertz CT molecular complexity index is 624. The van der Waals surface area contributed by atoms with E-state index < -0.39 is 0 Å². The van der Waals surface area contributed by atoms with Gasteiger partial charge in [0.2, 0.25) is 0 Å². The van der Waals surface area contributed by atoms with Crippen LogP contribution in [0.4, 0.5) is 0 Å². The molecule has 0 saturated heterocycles. The zero-order valence-electron chi connectivity index (χ0n) is 16.6. The van der Waals surface area contributed by atoms with Crippen LogP contribution in [0.1, 0.15) is 31.2 Å². The topological polar surface area (TPSA) is 64.1 Å². The molecule has 0 heterocycles. The van der Waals surface area contributed by atoms with Gasteiger partial charge in [-0.3, -0.25) is 4.99 Å². The summed E-state index contributed by atoms with van der Waals surface area (Å²) in [5, 5.41) is 6.84. The number of nitrogens with zero attached hydrogens (tertiary/aromatic N) is 1. The highest BCUT2D eigenvalue weighted by atomic mass is 127. The summed E-state index contributed by atoms with van der Waals surface area (Å²) in [6, 6.07) is 3.99. The van der Waals surface area contributed by atoms with E-state index in [2.05, 4.69) is 31.6 Å². The van der Waals surface area contributed by atoms with Crippen molar-refractivity contribution in [3.8, 4) is 11.5 Å². The molecular weight excluding hydrogens is 525 g/mol. The van der Waals surface area contributed by atoms with Crippen molar-refractivity contribution in [2.24, 2.45) is 10.4 Å². The van der Waals surface area contributed by atoms with Gasteiger partial charge in [-0.1, -0.05) is 6.42 Å². The van der Waals surface area contributed by atoms with Crippen LogP contribution < -0.4 is 20.1 Å². The number of rotatable bonds is 9. The predicted octanol–water partition coefficient (Wildman–Crippen LogP) is 3.96. The van der Waals surface area contributed by atoms with Crippen LogP contribution in [0.5, 0.6) is 11.5 Å².